The Morgan fingerprint density at radius 3 is 2.58 bits per heavy atom. The zero-order chi connectivity index (χ0) is 14.0. The van der Waals surface area contributed by atoms with Crippen molar-refractivity contribution in [2.75, 3.05) is 12.4 Å². The number of methoxy groups -OCH3 is 1. The number of anilines is 1. The Kier molecular flexibility index (Phi) is 3.67. The van der Waals surface area contributed by atoms with Gasteiger partial charge in [-0.05, 0) is 31.0 Å². The SMILES string of the molecule is COC1CC(Nc2ccc(C#N)cc2C(F)(F)F)C1. The summed E-state index contributed by atoms with van der Waals surface area (Å²) in [6.45, 7) is 0. The van der Waals surface area contributed by atoms with Crippen molar-refractivity contribution in [1.82, 2.24) is 0 Å². The Hall–Kier alpha value is -1.74. The van der Waals surface area contributed by atoms with Crippen LogP contribution in [0.3, 0.4) is 0 Å². The first kappa shape index (κ1) is 13.7. The van der Waals surface area contributed by atoms with Crippen LogP contribution in [0.5, 0.6) is 0 Å². The van der Waals surface area contributed by atoms with Gasteiger partial charge >= 0.3 is 6.18 Å². The van der Waals surface area contributed by atoms with Gasteiger partial charge in [-0.25, -0.2) is 0 Å². The van der Waals surface area contributed by atoms with Crippen LogP contribution in [0.1, 0.15) is 24.0 Å². The molecular formula is C13H13F3N2O. The largest absolute Gasteiger partial charge is 0.418 e. The third kappa shape index (κ3) is 2.99. The number of rotatable bonds is 3. The Morgan fingerprint density at radius 2 is 2.05 bits per heavy atom. The fourth-order valence-electron chi connectivity index (χ4n) is 2.07. The van der Waals surface area contributed by atoms with Crippen LogP contribution in [0.15, 0.2) is 18.2 Å². The first-order valence-corrected chi connectivity index (χ1v) is 5.84. The van der Waals surface area contributed by atoms with Gasteiger partial charge in [-0.2, -0.15) is 18.4 Å². The third-order valence-electron chi connectivity index (χ3n) is 3.24. The first-order valence-electron chi connectivity index (χ1n) is 5.84. The van der Waals surface area contributed by atoms with Crippen molar-refractivity contribution in [2.24, 2.45) is 0 Å². The van der Waals surface area contributed by atoms with E-state index >= 15 is 0 Å². The smallest absolute Gasteiger partial charge is 0.382 e. The highest BCUT2D eigenvalue weighted by Crippen LogP contribution is 2.37. The highest BCUT2D eigenvalue weighted by Gasteiger charge is 2.36. The third-order valence-corrected chi connectivity index (χ3v) is 3.24. The summed E-state index contributed by atoms with van der Waals surface area (Å²) in [5, 5.41) is 11.5. The number of ether oxygens (including phenoxy) is 1. The quantitative estimate of drug-likeness (QED) is 0.917. The van der Waals surface area contributed by atoms with Crippen molar-refractivity contribution < 1.29 is 17.9 Å². The van der Waals surface area contributed by atoms with Crippen molar-refractivity contribution in [2.45, 2.75) is 31.2 Å². The van der Waals surface area contributed by atoms with Crippen LogP contribution in [0, 0.1) is 11.3 Å². The summed E-state index contributed by atoms with van der Waals surface area (Å²) >= 11 is 0. The summed E-state index contributed by atoms with van der Waals surface area (Å²) in [4.78, 5) is 0. The van der Waals surface area contributed by atoms with E-state index in [1.807, 2.05) is 0 Å². The van der Waals surface area contributed by atoms with E-state index in [9.17, 15) is 13.2 Å². The molecule has 0 bridgehead atoms. The predicted octanol–water partition coefficient (Wildman–Crippen LogP) is 3.17. The summed E-state index contributed by atoms with van der Waals surface area (Å²) in [5.74, 6) is 0. The van der Waals surface area contributed by atoms with Crippen LogP contribution in [0.4, 0.5) is 18.9 Å². The summed E-state index contributed by atoms with van der Waals surface area (Å²) in [6.07, 6.45) is -2.98. The Balaban J connectivity index is 2.18. The molecule has 0 saturated heterocycles. The van der Waals surface area contributed by atoms with Crippen LogP contribution in [-0.2, 0) is 10.9 Å². The average Bonchev–Trinajstić information content (AvgIpc) is 2.32. The Bertz CT molecular complexity index is 502. The van der Waals surface area contributed by atoms with E-state index in [0.717, 1.165) is 6.07 Å². The lowest BCUT2D eigenvalue weighted by Gasteiger charge is -2.35. The number of hydrogen-bond acceptors (Lipinski definition) is 3. The van der Waals surface area contributed by atoms with Gasteiger partial charge in [-0.15, -0.1) is 0 Å². The molecule has 1 aliphatic carbocycles. The second-order valence-corrected chi connectivity index (χ2v) is 4.54. The van der Waals surface area contributed by atoms with E-state index in [2.05, 4.69) is 5.32 Å². The molecule has 0 aromatic heterocycles. The van der Waals surface area contributed by atoms with Crippen LogP contribution >= 0.6 is 0 Å². The van der Waals surface area contributed by atoms with Gasteiger partial charge in [0.05, 0.1) is 23.3 Å². The number of nitrogens with zero attached hydrogens (tertiary/aromatic N) is 1. The topological polar surface area (TPSA) is 45.0 Å². The first-order chi connectivity index (χ1) is 8.94. The van der Waals surface area contributed by atoms with Gasteiger partial charge < -0.3 is 10.1 Å². The van der Waals surface area contributed by atoms with Crippen molar-refractivity contribution in [1.29, 1.82) is 5.26 Å². The molecule has 0 heterocycles. The lowest BCUT2D eigenvalue weighted by atomic mass is 9.89. The maximum absolute atomic E-state index is 12.9. The highest BCUT2D eigenvalue weighted by atomic mass is 19.4. The van der Waals surface area contributed by atoms with E-state index in [4.69, 9.17) is 10.00 Å². The Labute approximate surface area is 109 Å². The highest BCUT2D eigenvalue weighted by molar-refractivity contribution is 5.56. The monoisotopic (exact) mass is 270 g/mol. The molecule has 0 aliphatic heterocycles. The van der Waals surface area contributed by atoms with Gasteiger partial charge in [-0.3, -0.25) is 0 Å². The molecular weight excluding hydrogens is 257 g/mol. The molecule has 0 amide bonds. The predicted molar refractivity (Wildman–Crippen MR) is 63.6 cm³/mol. The second kappa shape index (κ2) is 5.10. The van der Waals surface area contributed by atoms with Crippen LogP contribution < -0.4 is 5.32 Å². The second-order valence-electron chi connectivity index (χ2n) is 4.54. The van der Waals surface area contributed by atoms with E-state index in [1.54, 1.807) is 13.2 Å². The van der Waals surface area contributed by atoms with Gasteiger partial charge in [0.25, 0.3) is 0 Å². The molecule has 102 valence electrons. The molecule has 0 atom stereocenters. The van der Waals surface area contributed by atoms with Gasteiger partial charge in [0.1, 0.15) is 0 Å². The van der Waals surface area contributed by atoms with E-state index in [0.29, 0.717) is 12.8 Å². The number of hydrogen-bond donors (Lipinski definition) is 1. The van der Waals surface area contributed by atoms with Gasteiger partial charge in [0.15, 0.2) is 0 Å². The molecule has 0 spiro atoms. The minimum absolute atomic E-state index is 0.00116. The minimum Gasteiger partial charge on any atom is -0.382 e. The maximum Gasteiger partial charge on any atom is 0.418 e. The number of alkyl halides is 3. The molecule has 1 aromatic rings. The number of halogens is 3. The zero-order valence-corrected chi connectivity index (χ0v) is 10.3. The van der Waals surface area contributed by atoms with Crippen LogP contribution in [-0.4, -0.2) is 19.3 Å². The number of nitriles is 1. The van der Waals surface area contributed by atoms with Gasteiger partial charge in [0, 0.05) is 18.8 Å². The summed E-state index contributed by atoms with van der Waals surface area (Å²) < 4.78 is 43.8. The number of nitrogens with one attached hydrogen (secondary N) is 1. The van der Waals surface area contributed by atoms with Crippen molar-refractivity contribution in [3.8, 4) is 6.07 Å². The fourth-order valence-corrected chi connectivity index (χ4v) is 2.07. The van der Waals surface area contributed by atoms with E-state index in [1.165, 1.54) is 12.1 Å². The molecule has 2 rings (SSSR count). The van der Waals surface area contributed by atoms with Crippen LogP contribution in [0.25, 0.3) is 0 Å². The summed E-state index contributed by atoms with van der Waals surface area (Å²) in [7, 11) is 1.59. The fraction of sp³-hybridized carbons (Fsp3) is 0.462. The normalized spacial score (nSPS) is 22.5. The lowest BCUT2D eigenvalue weighted by molar-refractivity contribution is -0.137. The van der Waals surface area contributed by atoms with Crippen LogP contribution in [0.2, 0.25) is 0 Å². The molecule has 1 saturated carbocycles. The van der Waals surface area contributed by atoms with Gasteiger partial charge in [0.2, 0.25) is 0 Å². The lowest BCUT2D eigenvalue weighted by Crippen LogP contribution is -2.40. The maximum atomic E-state index is 12.9. The zero-order valence-electron chi connectivity index (χ0n) is 10.3. The minimum atomic E-state index is -4.47. The van der Waals surface area contributed by atoms with E-state index in [-0.39, 0.29) is 23.4 Å². The molecule has 6 heteroatoms. The van der Waals surface area contributed by atoms with Gasteiger partial charge in [-0.1, -0.05) is 0 Å². The summed E-state index contributed by atoms with van der Waals surface area (Å²) in [5.41, 5.74) is -0.778. The molecule has 0 unspecified atom stereocenters. The van der Waals surface area contributed by atoms with E-state index < -0.39 is 11.7 Å². The molecule has 1 N–H and O–H groups in total. The standard InChI is InChI=1S/C13H13F3N2O/c1-19-10-5-9(6-10)18-12-3-2-8(7-17)4-11(12)13(14,15)16/h2-4,9-10,18H,5-6H2,1H3. The molecule has 0 radical (unpaired) electrons. The Morgan fingerprint density at radius 1 is 1.37 bits per heavy atom. The molecule has 3 nitrogen and oxygen atoms in total. The van der Waals surface area contributed by atoms with Crippen molar-refractivity contribution in [3.63, 3.8) is 0 Å². The van der Waals surface area contributed by atoms with Crippen molar-refractivity contribution in [3.05, 3.63) is 29.3 Å². The molecule has 19 heavy (non-hydrogen) atoms. The summed E-state index contributed by atoms with van der Waals surface area (Å²) in [6, 6.07) is 5.26. The molecule has 1 aliphatic rings. The number of benzene rings is 1. The molecule has 1 aromatic carbocycles. The molecule has 1 fully saturated rings. The van der Waals surface area contributed by atoms with Crippen molar-refractivity contribution >= 4 is 5.69 Å². The average molecular weight is 270 g/mol.